The second-order valence-electron chi connectivity index (χ2n) is 7.55. The molecule has 5 nitrogen and oxygen atoms in total. The predicted octanol–water partition coefficient (Wildman–Crippen LogP) is 3.97. The Hall–Kier alpha value is -2.18. The maximum atomic E-state index is 12.9. The lowest BCUT2D eigenvalue weighted by molar-refractivity contribution is 0.0939. The highest BCUT2D eigenvalue weighted by atomic mass is 32.2. The first-order chi connectivity index (χ1) is 13.3. The van der Waals surface area contributed by atoms with Gasteiger partial charge in [-0.2, -0.15) is 4.31 Å². The highest BCUT2D eigenvalue weighted by Gasteiger charge is 2.27. The molecule has 0 radical (unpaired) electrons. The molecule has 0 aromatic heterocycles. The molecule has 1 saturated heterocycles. The minimum atomic E-state index is -3.57. The molecule has 1 amide bonds. The Kier molecular flexibility index (Phi) is 6.20. The van der Waals surface area contributed by atoms with Crippen LogP contribution < -0.4 is 5.32 Å². The molecule has 3 rings (SSSR count). The summed E-state index contributed by atoms with van der Waals surface area (Å²) in [5.74, 6) is -0.263. The van der Waals surface area contributed by atoms with Gasteiger partial charge in [-0.15, -0.1) is 0 Å². The third-order valence-electron chi connectivity index (χ3n) is 5.33. The Labute approximate surface area is 167 Å². The summed E-state index contributed by atoms with van der Waals surface area (Å²) < 4.78 is 27.4. The molecule has 0 aliphatic carbocycles. The molecule has 1 atom stereocenters. The molecule has 28 heavy (non-hydrogen) atoms. The quantitative estimate of drug-likeness (QED) is 0.826. The Morgan fingerprint density at radius 3 is 2.29 bits per heavy atom. The van der Waals surface area contributed by atoms with Gasteiger partial charge < -0.3 is 5.32 Å². The van der Waals surface area contributed by atoms with Crippen molar-refractivity contribution in [3.63, 3.8) is 0 Å². The van der Waals surface area contributed by atoms with Crippen molar-refractivity contribution in [2.75, 3.05) is 13.1 Å². The number of amides is 1. The van der Waals surface area contributed by atoms with Gasteiger partial charge in [0.1, 0.15) is 0 Å². The van der Waals surface area contributed by atoms with Gasteiger partial charge in [-0.3, -0.25) is 4.79 Å². The summed E-state index contributed by atoms with van der Waals surface area (Å²) in [7, 11) is -3.57. The van der Waals surface area contributed by atoms with Crippen LogP contribution in [0.1, 0.15) is 59.3 Å². The van der Waals surface area contributed by atoms with Crippen LogP contribution in [0.4, 0.5) is 0 Å². The van der Waals surface area contributed by atoms with Crippen molar-refractivity contribution in [1.82, 2.24) is 9.62 Å². The predicted molar refractivity (Wildman–Crippen MR) is 111 cm³/mol. The van der Waals surface area contributed by atoms with Crippen molar-refractivity contribution in [1.29, 1.82) is 0 Å². The smallest absolute Gasteiger partial charge is 0.252 e. The van der Waals surface area contributed by atoms with Crippen molar-refractivity contribution >= 4 is 15.9 Å². The number of carbonyl (C=O) groups is 1. The standard InChI is InChI=1S/C22H28N2O3S/c1-16-7-10-19(11-8-16)18(3)23-22(25)21-15-20(12-9-17(21)2)28(26,27)24-13-5-4-6-14-24/h7-12,15,18H,4-6,13-14H2,1-3H3,(H,23,25)/t18-/m0/s1. The number of nitrogens with one attached hydrogen (secondary N) is 1. The second kappa shape index (κ2) is 8.45. The number of sulfonamides is 1. The molecule has 6 heteroatoms. The summed E-state index contributed by atoms with van der Waals surface area (Å²) in [4.78, 5) is 13.0. The topological polar surface area (TPSA) is 66.5 Å². The fraction of sp³-hybridized carbons (Fsp3) is 0.409. The van der Waals surface area contributed by atoms with E-state index in [-0.39, 0.29) is 16.8 Å². The maximum Gasteiger partial charge on any atom is 0.252 e. The van der Waals surface area contributed by atoms with Crippen LogP contribution in [-0.4, -0.2) is 31.7 Å². The van der Waals surface area contributed by atoms with Gasteiger partial charge in [0.15, 0.2) is 0 Å². The highest BCUT2D eigenvalue weighted by molar-refractivity contribution is 7.89. The fourth-order valence-corrected chi connectivity index (χ4v) is 5.02. The van der Waals surface area contributed by atoms with Crippen LogP contribution in [0.15, 0.2) is 47.4 Å². The molecule has 1 heterocycles. The van der Waals surface area contributed by atoms with Gasteiger partial charge in [0, 0.05) is 18.7 Å². The molecule has 1 aliphatic heterocycles. The van der Waals surface area contributed by atoms with Crippen LogP contribution in [-0.2, 0) is 10.0 Å². The number of benzene rings is 2. The van der Waals surface area contributed by atoms with Crippen LogP contribution >= 0.6 is 0 Å². The van der Waals surface area contributed by atoms with Crippen LogP contribution in [0.2, 0.25) is 0 Å². The normalized spacial score (nSPS) is 16.5. The average Bonchev–Trinajstić information content (AvgIpc) is 2.69. The summed E-state index contributed by atoms with van der Waals surface area (Å²) in [6.07, 6.45) is 2.82. The molecular weight excluding hydrogens is 372 g/mol. The summed E-state index contributed by atoms with van der Waals surface area (Å²) in [6.45, 7) is 6.85. The van der Waals surface area contributed by atoms with Crippen LogP contribution in [0, 0.1) is 13.8 Å². The lowest BCUT2D eigenvalue weighted by Crippen LogP contribution is -2.35. The Morgan fingerprint density at radius 1 is 1.00 bits per heavy atom. The van der Waals surface area contributed by atoms with Gasteiger partial charge in [0.2, 0.25) is 10.0 Å². The molecule has 1 aliphatic rings. The molecule has 0 unspecified atom stereocenters. The number of hydrogen-bond acceptors (Lipinski definition) is 3. The number of aryl methyl sites for hydroxylation is 2. The molecule has 0 spiro atoms. The van der Waals surface area contributed by atoms with E-state index >= 15 is 0 Å². The van der Waals surface area contributed by atoms with E-state index in [4.69, 9.17) is 0 Å². The third-order valence-corrected chi connectivity index (χ3v) is 7.23. The van der Waals surface area contributed by atoms with Crippen LogP contribution in [0.3, 0.4) is 0 Å². The Bertz CT molecular complexity index is 946. The zero-order valence-corrected chi connectivity index (χ0v) is 17.6. The van der Waals surface area contributed by atoms with E-state index in [0.29, 0.717) is 18.7 Å². The molecule has 2 aromatic carbocycles. The molecular formula is C22H28N2O3S. The van der Waals surface area contributed by atoms with E-state index in [1.807, 2.05) is 45.0 Å². The lowest BCUT2D eigenvalue weighted by atomic mass is 10.0. The van der Waals surface area contributed by atoms with E-state index in [1.54, 1.807) is 12.1 Å². The van der Waals surface area contributed by atoms with Gasteiger partial charge >= 0.3 is 0 Å². The van der Waals surface area contributed by atoms with E-state index < -0.39 is 10.0 Å². The summed E-state index contributed by atoms with van der Waals surface area (Å²) >= 11 is 0. The Morgan fingerprint density at radius 2 is 1.64 bits per heavy atom. The minimum Gasteiger partial charge on any atom is -0.346 e. The monoisotopic (exact) mass is 400 g/mol. The first-order valence-electron chi connectivity index (χ1n) is 9.77. The zero-order valence-electron chi connectivity index (χ0n) is 16.7. The zero-order chi connectivity index (χ0) is 20.3. The Balaban J connectivity index is 1.82. The van der Waals surface area contributed by atoms with Crippen LogP contribution in [0.5, 0.6) is 0 Å². The number of piperidine rings is 1. The van der Waals surface area contributed by atoms with Crippen molar-refractivity contribution in [3.05, 3.63) is 64.7 Å². The molecule has 0 bridgehead atoms. The number of hydrogen-bond donors (Lipinski definition) is 1. The van der Waals surface area contributed by atoms with Gasteiger partial charge in [-0.05, 0) is 56.9 Å². The average molecular weight is 401 g/mol. The van der Waals surface area contributed by atoms with Gasteiger partial charge in [-0.25, -0.2) is 8.42 Å². The fourth-order valence-electron chi connectivity index (χ4n) is 3.47. The molecule has 1 N–H and O–H groups in total. The van der Waals surface area contributed by atoms with Gasteiger partial charge in [-0.1, -0.05) is 42.3 Å². The van der Waals surface area contributed by atoms with E-state index in [2.05, 4.69) is 5.32 Å². The number of carbonyl (C=O) groups excluding carboxylic acids is 1. The van der Waals surface area contributed by atoms with Crippen molar-refractivity contribution in [2.45, 2.75) is 51.0 Å². The molecule has 0 saturated carbocycles. The molecule has 1 fully saturated rings. The van der Waals surface area contributed by atoms with Gasteiger partial charge in [0.05, 0.1) is 10.9 Å². The maximum absolute atomic E-state index is 12.9. The van der Waals surface area contributed by atoms with E-state index in [9.17, 15) is 13.2 Å². The SMILES string of the molecule is Cc1ccc([C@H](C)NC(=O)c2cc(S(=O)(=O)N3CCCCC3)ccc2C)cc1. The summed E-state index contributed by atoms with van der Waals surface area (Å²) in [6, 6.07) is 12.6. The largest absolute Gasteiger partial charge is 0.346 e. The first kappa shape index (κ1) is 20.6. The number of rotatable bonds is 5. The summed E-state index contributed by atoms with van der Waals surface area (Å²) in [5.41, 5.74) is 3.32. The van der Waals surface area contributed by atoms with Crippen molar-refractivity contribution in [3.8, 4) is 0 Å². The van der Waals surface area contributed by atoms with Crippen molar-refractivity contribution in [2.24, 2.45) is 0 Å². The summed E-state index contributed by atoms with van der Waals surface area (Å²) in [5, 5.41) is 2.98. The molecule has 150 valence electrons. The highest BCUT2D eigenvalue weighted by Crippen LogP contribution is 2.23. The van der Waals surface area contributed by atoms with E-state index in [1.165, 1.54) is 10.4 Å². The lowest BCUT2D eigenvalue weighted by Gasteiger charge is -2.26. The number of nitrogens with zero attached hydrogens (tertiary/aromatic N) is 1. The van der Waals surface area contributed by atoms with Crippen LogP contribution in [0.25, 0.3) is 0 Å². The third kappa shape index (κ3) is 4.45. The van der Waals surface area contributed by atoms with Crippen molar-refractivity contribution < 1.29 is 13.2 Å². The van der Waals surface area contributed by atoms with Gasteiger partial charge in [0.25, 0.3) is 5.91 Å². The second-order valence-corrected chi connectivity index (χ2v) is 9.49. The molecule has 2 aromatic rings. The first-order valence-corrected chi connectivity index (χ1v) is 11.2. The van der Waals surface area contributed by atoms with E-state index in [0.717, 1.165) is 36.0 Å². The minimum absolute atomic E-state index is 0.171.